The van der Waals surface area contributed by atoms with Crippen molar-refractivity contribution in [1.82, 2.24) is 25.7 Å². The molecule has 4 rings (SSSR count). The quantitative estimate of drug-likeness (QED) is 0.635. The summed E-state index contributed by atoms with van der Waals surface area (Å²) in [5.41, 5.74) is 4.44. The van der Waals surface area contributed by atoms with Gasteiger partial charge in [-0.3, -0.25) is 9.89 Å². The van der Waals surface area contributed by atoms with Crippen LogP contribution in [0, 0.1) is 0 Å². The monoisotopic (exact) mass is 399 g/mol. The summed E-state index contributed by atoms with van der Waals surface area (Å²) in [6.07, 6.45) is 6.13. The van der Waals surface area contributed by atoms with Crippen LogP contribution in [-0.2, 0) is 30.5 Å². The van der Waals surface area contributed by atoms with Gasteiger partial charge in [-0.1, -0.05) is 16.8 Å². The van der Waals surface area contributed by atoms with Crippen molar-refractivity contribution in [3.05, 3.63) is 52.1 Å². The third-order valence-electron chi connectivity index (χ3n) is 4.96. The number of aromatic nitrogens is 4. The third kappa shape index (κ3) is 4.42. The molecule has 1 aliphatic rings. The zero-order chi connectivity index (χ0) is 19.3. The molecule has 0 saturated carbocycles. The van der Waals surface area contributed by atoms with Gasteiger partial charge in [0, 0.05) is 42.1 Å². The van der Waals surface area contributed by atoms with Gasteiger partial charge in [0.25, 0.3) is 0 Å². The maximum absolute atomic E-state index is 12.1. The second kappa shape index (κ2) is 8.56. The molecule has 2 heterocycles. The van der Waals surface area contributed by atoms with Crippen molar-refractivity contribution in [2.45, 2.75) is 44.9 Å². The average Bonchev–Trinajstić information content (AvgIpc) is 3.34. The number of halogens is 1. The number of hydrogen-bond donors (Lipinski definition) is 2. The smallest absolute Gasteiger partial charge is 0.228 e. The Labute approximate surface area is 167 Å². The van der Waals surface area contributed by atoms with E-state index < -0.39 is 0 Å². The highest BCUT2D eigenvalue weighted by molar-refractivity contribution is 6.30. The SMILES string of the molecule is O=C(CCc1n[nH]c2c1CCCC2)NCCc1nc(-c2ccc(Cl)cc2)no1. The van der Waals surface area contributed by atoms with Crippen molar-refractivity contribution in [1.29, 1.82) is 0 Å². The van der Waals surface area contributed by atoms with E-state index in [0.29, 0.717) is 42.5 Å². The highest BCUT2D eigenvalue weighted by Gasteiger charge is 2.17. The van der Waals surface area contributed by atoms with Crippen LogP contribution in [0.5, 0.6) is 0 Å². The van der Waals surface area contributed by atoms with Crippen LogP contribution in [0.4, 0.5) is 0 Å². The molecule has 0 atom stereocenters. The number of aromatic amines is 1. The number of carbonyl (C=O) groups excluding carboxylic acids is 1. The number of aryl methyl sites for hydroxylation is 2. The third-order valence-corrected chi connectivity index (χ3v) is 5.21. The lowest BCUT2D eigenvalue weighted by molar-refractivity contribution is -0.121. The first-order chi connectivity index (χ1) is 13.7. The van der Waals surface area contributed by atoms with Gasteiger partial charge in [-0.05, 0) is 55.5 Å². The van der Waals surface area contributed by atoms with Gasteiger partial charge in [-0.25, -0.2) is 0 Å². The largest absolute Gasteiger partial charge is 0.356 e. The fourth-order valence-corrected chi connectivity index (χ4v) is 3.58. The summed E-state index contributed by atoms with van der Waals surface area (Å²) >= 11 is 5.89. The van der Waals surface area contributed by atoms with Crippen LogP contribution in [0.3, 0.4) is 0 Å². The number of hydrogen-bond acceptors (Lipinski definition) is 5. The molecule has 0 radical (unpaired) electrons. The predicted octanol–water partition coefficient (Wildman–Crippen LogP) is 3.28. The van der Waals surface area contributed by atoms with E-state index in [-0.39, 0.29) is 5.91 Å². The summed E-state index contributed by atoms with van der Waals surface area (Å²) in [6.45, 7) is 0.458. The maximum atomic E-state index is 12.1. The van der Waals surface area contributed by atoms with Crippen LogP contribution in [0.2, 0.25) is 5.02 Å². The Morgan fingerprint density at radius 1 is 1.18 bits per heavy atom. The molecule has 1 amide bonds. The number of amides is 1. The molecular weight excluding hydrogens is 378 g/mol. The summed E-state index contributed by atoms with van der Waals surface area (Å²) in [7, 11) is 0. The molecule has 146 valence electrons. The molecule has 0 unspecified atom stereocenters. The molecule has 0 fully saturated rings. The summed E-state index contributed by atoms with van der Waals surface area (Å²) in [5.74, 6) is 1.01. The molecular formula is C20H22ClN5O2. The second-order valence-corrected chi connectivity index (χ2v) is 7.39. The van der Waals surface area contributed by atoms with Gasteiger partial charge in [-0.2, -0.15) is 10.1 Å². The Kier molecular flexibility index (Phi) is 5.71. The number of nitrogens with zero attached hydrogens (tertiary/aromatic N) is 3. The van der Waals surface area contributed by atoms with Gasteiger partial charge >= 0.3 is 0 Å². The van der Waals surface area contributed by atoms with E-state index in [1.54, 1.807) is 12.1 Å². The van der Waals surface area contributed by atoms with Crippen LogP contribution in [0.15, 0.2) is 28.8 Å². The Morgan fingerprint density at radius 2 is 2.00 bits per heavy atom. The first-order valence-corrected chi connectivity index (χ1v) is 9.97. The highest BCUT2D eigenvalue weighted by Crippen LogP contribution is 2.23. The molecule has 0 aliphatic heterocycles. The van der Waals surface area contributed by atoms with Gasteiger partial charge in [0.05, 0.1) is 5.69 Å². The highest BCUT2D eigenvalue weighted by atomic mass is 35.5. The van der Waals surface area contributed by atoms with E-state index in [9.17, 15) is 4.79 Å². The van der Waals surface area contributed by atoms with Crippen LogP contribution in [0.1, 0.15) is 42.1 Å². The van der Waals surface area contributed by atoms with Crippen LogP contribution < -0.4 is 5.32 Å². The van der Waals surface area contributed by atoms with Crippen LogP contribution in [-0.4, -0.2) is 32.8 Å². The van der Waals surface area contributed by atoms with Crippen molar-refractivity contribution in [2.75, 3.05) is 6.54 Å². The predicted molar refractivity (Wildman–Crippen MR) is 105 cm³/mol. The van der Waals surface area contributed by atoms with Gasteiger partial charge in [-0.15, -0.1) is 0 Å². The van der Waals surface area contributed by atoms with Crippen molar-refractivity contribution < 1.29 is 9.32 Å². The van der Waals surface area contributed by atoms with Crippen LogP contribution >= 0.6 is 11.6 Å². The number of fused-ring (bicyclic) bond motifs is 1. The maximum Gasteiger partial charge on any atom is 0.228 e. The topological polar surface area (TPSA) is 96.7 Å². The van der Waals surface area contributed by atoms with Crippen molar-refractivity contribution in [3.63, 3.8) is 0 Å². The first-order valence-electron chi connectivity index (χ1n) is 9.59. The lowest BCUT2D eigenvalue weighted by Gasteiger charge is -2.11. The number of carbonyl (C=O) groups is 1. The zero-order valence-corrected chi connectivity index (χ0v) is 16.3. The lowest BCUT2D eigenvalue weighted by atomic mass is 9.95. The van der Waals surface area contributed by atoms with Crippen LogP contribution in [0.25, 0.3) is 11.4 Å². The summed E-state index contributed by atoms with van der Waals surface area (Å²) < 4.78 is 5.25. The first kappa shape index (κ1) is 18.7. The van der Waals surface area contributed by atoms with Crippen molar-refractivity contribution in [3.8, 4) is 11.4 Å². The minimum absolute atomic E-state index is 0.00463. The van der Waals surface area contributed by atoms with Gasteiger partial charge < -0.3 is 9.84 Å². The number of rotatable bonds is 7. The van der Waals surface area contributed by atoms with Crippen molar-refractivity contribution >= 4 is 17.5 Å². The fraction of sp³-hybridized carbons (Fsp3) is 0.400. The average molecular weight is 400 g/mol. The molecule has 1 aliphatic carbocycles. The number of benzene rings is 1. The Balaban J connectivity index is 1.22. The van der Waals surface area contributed by atoms with E-state index in [0.717, 1.165) is 24.1 Å². The van der Waals surface area contributed by atoms with Gasteiger partial charge in [0.1, 0.15) is 0 Å². The second-order valence-electron chi connectivity index (χ2n) is 6.95. The van der Waals surface area contributed by atoms with E-state index >= 15 is 0 Å². The molecule has 3 aromatic rings. The fourth-order valence-electron chi connectivity index (χ4n) is 3.46. The summed E-state index contributed by atoms with van der Waals surface area (Å²) in [6, 6.07) is 7.24. The molecule has 7 nitrogen and oxygen atoms in total. The molecule has 0 bridgehead atoms. The lowest BCUT2D eigenvalue weighted by Crippen LogP contribution is -2.26. The van der Waals surface area contributed by atoms with E-state index in [1.807, 2.05) is 12.1 Å². The summed E-state index contributed by atoms with van der Waals surface area (Å²) in [5, 5.41) is 15.0. The minimum atomic E-state index is 0.00463. The molecule has 2 N–H and O–H groups in total. The zero-order valence-electron chi connectivity index (χ0n) is 15.5. The molecule has 28 heavy (non-hydrogen) atoms. The number of H-pyrrole nitrogens is 1. The molecule has 0 saturated heterocycles. The van der Waals surface area contributed by atoms with E-state index in [2.05, 4.69) is 25.7 Å². The molecule has 2 aromatic heterocycles. The summed E-state index contributed by atoms with van der Waals surface area (Å²) in [4.78, 5) is 16.5. The standard InChI is InChI=1S/C20H22ClN5O2/c21-14-7-5-13(6-8-14)20-23-19(28-26-20)11-12-22-18(27)10-9-17-15-3-1-2-4-16(15)24-25-17/h5-8H,1-4,9-12H2,(H,22,27)(H,24,25). The molecule has 8 heteroatoms. The van der Waals surface area contributed by atoms with E-state index in [1.165, 1.54) is 24.1 Å². The normalized spacial score (nSPS) is 13.3. The van der Waals surface area contributed by atoms with Gasteiger partial charge in [0.2, 0.25) is 17.6 Å². The van der Waals surface area contributed by atoms with Gasteiger partial charge in [0.15, 0.2) is 0 Å². The molecule has 1 aromatic carbocycles. The Hall–Kier alpha value is -2.67. The molecule has 0 spiro atoms. The Morgan fingerprint density at radius 3 is 2.86 bits per heavy atom. The Bertz CT molecular complexity index is 948. The number of nitrogens with one attached hydrogen (secondary N) is 2. The van der Waals surface area contributed by atoms with Crippen molar-refractivity contribution in [2.24, 2.45) is 0 Å². The minimum Gasteiger partial charge on any atom is -0.356 e. The van der Waals surface area contributed by atoms with E-state index in [4.69, 9.17) is 16.1 Å².